The van der Waals surface area contributed by atoms with Crippen LogP contribution in [0.3, 0.4) is 0 Å². The third kappa shape index (κ3) is 6.12. The monoisotopic (exact) mass is 432 g/mol. The molecule has 8 nitrogen and oxygen atoms in total. The molecule has 2 aromatic carbocycles. The number of carbonyl (C=O) groups excluding carboxylic acids is 2. The number of phenolic OH excluding ortho intramolecular Hbond substituents is 1. The van der Waals surface area contributed by atoms with Gasteiger partial charge in [-0.25, -0.2) is 4.79 Å². The van der Waals surface area contributed by atoms with E-state index in [9.17, 15) is 19.2 Å². The molecule has 0 bridgehead atoms. The van der Waals surface area contributed by atoms with Crippen LogP contribution < -0.4 is 5.32 Å². The van der Waals surface area contributed by atoms with Gasteiger partial charge in [0.1, 0.15) is 18.6 Å². The Morgan fingerprint density at radius 2 is 1.93 bits per heavy atom. The first-order valence-electron chi connectivity index (χ1n) is 9.45. The van der Waals surface area contributed by atoms with E-state index in [2.05, 4.69) is 5.32 Å². The quantitative estimate of drug-likeness (QED) is 0.675. The number of aromatic hydroxyl groups is 1. The number of phenols is 1. The number of rotatable bonds is 6. The Hall–Kier alpha value is -2.75. The van der Waals surface area contributed by atoms with Crippen molar-refractivity contribution in [2.24, 2.45) is 0 Å². The third-order valence-corrected chi connectivity index (χ3v) is 5.57. The fourth-order valence-corrected chi connectivity index (χ4v) is 3.46. The molecule has 0 radical (unpaired) electrons. The molecule has 2 aromatic rings. The second-order valence-electron chi connectivity index (χ2n) is 6.85. The number of ether oxygens (including phenoxy) is 2. The Kier molecular flexibility index (Phi) is 7.56. The summed E-state index contributed by atoms with van der Waals surface area (Å²) in [6, 6.07) is 13.0. The minimum absolute atomic E-state index is 0.0904. The van der Waals surface area contributed by atoms with Crippen molar-refractivity contribution in [2.45, 2.75) is 17.6 Å². The number of morpholine rings is 1. The van der Waals surface area contributed by atoms with Gasteiger partial charge in [0, 0.05) is 18.7 Å². The Balaban J connectivity index is 1.44. The van der Waals surface area contributed by atoms with Gasteiger partial charge in [-0.15, -0.1) is 0 Å². The molecule has 1 fully saturated rings. The van der Waals surface area contributed by atoms with Crippen molar-refractivity contribution < 1.29 is 28.7 Å². The first-order valence-corrected chi connectivity index (χ1v) is 11.0. The van der Waals surface area contributed by atoms with Gasteiger partial charge in [-0.2, -0.15) is 0 Å². The van der Waals surface area contributed by atoms with Crippen molar-refractivity contribution >= 4 is 23.2 Å². The lowest BCUT2D eigenvalue weighted by molar-refractivity contribution is -0.0263. The molecular weight excluding hydrogens is 408 g/mol. The summed E-state index contributed by atoms with van der Waals surface area (Å²) in [5, 5.41) is 12.1. The number of nitrogens with one attached hydrogen (secondary N) is 1. The molecule has 0 aromatic heterocycles. The predicted octanol–water partition coefficient (Wildman–Crippen LogP) is 1.90. The molecule has 2 atom stereocenters. The summed E-state index contributed by atoms with van der Waals surface area (Å²) in [6.45, 7) is 1.44. The first kappa shape index (κ1) is 21.9. The number of nitrogens with zero attached hydrogens (tertiary/aromatic N) is 1. The van der Waals surface area contributed by atoms with E-state index in [1.165, 1.54) is 24.3 Å². The van der Waals surface area contributed by atoms with Crippen LogP contribution in [0.5, 0.6) is 5.75 Å². The lowest BCUT2D eigenvalue weighted by atomic mass is 10.2. The second-order valence-corrected chi connectivity index (χ2v) is 8.23. The van der Waals surface area contributed by atoms with Crippen LogP contribution in [-0.4, -0.2) is 65.2 Å². The van der Waals surface area contributed by atoms with Crippen LogP contribution in [0, 0.1) is 0 Å². The number of carbonyl (C=O) groups is 2. The summed E-state index contributed by atoms with van der Waals surface area (Å²) in [5.41, 5.74) is 1.24. The van der Waals surface area contributed by atoms with E-state index in [1.54, 1.807) is 35.4 Å². The predicted molar refractivity (Wildman–Crippen MR) is 111 cm³/mol. The normalized spacial score (nSPS) is 17.3. The smallest absolute Gasteiger partial charge is 0.410 e. The van der Waals surface area contributed by atoms with Crippen molar-refractivity contribution in [1.82, 2.24) is 10.2 Å². The number of hydrogen-bond donors (Lipinski definition) is 2. The largest absolute Gasteiger partial charge is 0.612 e. The summed E-state index contributed by atoms with van der Waals surface area (Å²) in [6.07, 6.45) is 0.819. The van der Waals surface area contributed by atoms with Crippen LogP contribution in [0.25, 0.3) is 0 Å². The Morgan fingerprint density at radius 1 is 1.23 bits per heavy atom. The zero-order chi connectivity index (χ0) is 21.5. The van der Waals surface area contributed by atoms with Crippen LogP contribution in [-0.2, 0) is 27.3 Å². The average molecular weight is 432 g/mol. The minimum Gasteiger partial charge on any atom is -0.612 e. The summed E-state index contributed by atoms with van der Waals surface area (Å²) in [4.78, 5) is 26.8. The van der Waals surface area contributed by atoms with Gasteiger partial charge in [0.15, 0.2) is 4.90 Å². The molecule has 30 heavy (non-hydrogen) atoms. The van der Waals surface area contributed by atoms with Gasteiger partial charge < -0.3 is 29.3 Å². The van der Waals surface area contributed by atoms with Crippen LogP contribution in [0.4, 0.5) is 4.79 Å². The highest BCUT2D eigenvalue weighted by molar-refractivity contribution is 7.90. The molecule has 0 saturated carbocycles. The van der Waals surface area contributed by atoms with E-state index in [1.807, 2.05) is 0 Å². The minimum atomic E-state index is -1.05. The maximum atomic E-state index is 12.4. The summed E-state index contributed by atoms with van der Waals surface area (Å²) >= 11 is -1.05. The van der Waals surface area contributed by atoms with Gasteiger partial charge in [0.2, 0.25) is 0 Å². The zero-order valence-electron chi connectivity index (χ0n) is 16.6. The summed E-state index contributed by atoms with van der Waals surface area (Å²) in [7, 11) is 0. The van der Waals surface area contributed by atoms with Gasteiger partial charge in [0.05, 0.1) is 19.3 Å². The summed E-state index contributed by atoms with van der Waals surface area (Å²) < 4.78 is 22.4. The zero-order valence-corrected chi connectivity index (χ0v) is 17.4. The molecule has 1 saturated heterocycles. The van der Waals surface area contributed by atoms with Gasteiger partial charge in [-0.3, -0.25) is 4.79 Å². The van der Waals surface area contributed by atoms with Gasteiger partial charge in [-0.1, -0.05) is 12.1 Å². The van der Waals surface area contributed by atoms with E-state index in [0.717, 1.165) is 10.5 Å². The van der Waals surface area contributed by atoms with E-state index in [4.69, 9.17) is 9.47 Å². The SMILES string of the molecule is C[S+]([O-])c1ccc(COC(=O)N2CCO[C@H](CNC(=O)c3ccc(O)cc3)C2)cc1. The molecule has 160 valence electrons. The molecule has 1 aliphatic heterocycles. The second kappa shape index (κ2) is 10.3. The van der Waals surface area contributed by atoms with Crippen LogP contribution in [0.1, 0.15) is 15.9 Å². The molecule has 2 amide bonds. The number of hydrogen-bond acceptors (Lipinski definition) is 6. The van der Waals surface area contributed by atoms with E-state index >= 15 is 0 Å². The molecular formula is C21H24N2O6S. The topological polar surface area (TPSA) is 111 Å². The first-order chi connectivity index (χ1) is 14.4. The van der Waals surface area contributed by atoms with Gasteiger partial charge in [0.25, 0.3) is 5.91 Å². The van der Waals surface area contributed by atoms with E-state index in [0.29, 0.717) is 25.3 Å². The summed E-state index contributed by atoms with van der Waals surface area (Å²) in [5.74, 6) is -0.192. The highest BCUT2D eigenvalue weighted by atomic mass is 32.2. The highest BCUT2D eigenvalue weighted by Gasteiger charge is 2.25. The molecule has 3 rings (SSSR count). The van der Waals surface area contributed by atoms with Crippen LogP contribution in [0.2, 0.25) is 0 Å². The van der Waals surface area contributed by atoms with Crippen LogP contribution in [0.15, 0.2) is 53.4 Å². The van der Waals surface area contributed by atoms with Crippen molar-refractivity contribution in [3.63, 3.8) is 0 Å². The lowest BCUT2D eigenvalue weighted by Crippen LogP contribution is -2.49. The highest BCUT2D eigenvalue weighted by Crippen LogP contribution is 2.13. The maximum Gasteiger partial charge on any atom is 0.410 e. The van der Waals surface area contributed by atoms with Gasteiger partial charge in [-0.05, 0) is 53.1 Å². The van der Waals surface area contributed by atoms with Crippen molar-refractivity contribution in [1.29, 1.82) is 0 Å². The van der Waals surface area contributed by atoms with Gasteiger partial charge >= 0.3 is 6.09 Å². The molecule has 0 aliphatic carbocycles. The average Bonchev–Trinajstić information content (AvgIpc) is 2.76. The molecule has 0 spiro atoms. The maximum absolute atomic E-state index is 12.4. The van der Waals surface area contributed by atoms with E-state index in [-0.39, 0.29) is 30.9 Å². The Labute approximate surface area is 178 Å². The molecule has 2 N–H and O–H groups in total. The number of amides is 2. The lowest BCUT2D eigenvalue weighted by Gasteiger charge is -2.32. The molecule has 1 heterocycles. The van der Waals surface area contributed by atoms with E-state index < -0.39 is 17.3 Å². The number of benzene rings is 2. The fraction of sp³-hybridized carbons (Fsp3) is 0.333. The Bertz CT molecular complexity index is 857. The Morgan fingerprint density at radius 3 is 2.60 bits per heavy atom. The van der Waals surface area contributed by atoms with Crippen molar-refractivity contribution in [2.75, 3.05) is 32.5 Å². The van der Waals surface area contributed by atoms with Crippen molar-refractivity contribution in [3.05, 3.63) is 59.7 Å². The van der Waals surface area contributed by atoms with Crippen LogP contribution >= 0.6 is 0 Å². The molecule has 1 aliphatic rings. The third-order valence-electron chi connectivity index (χ3n) is 4.63. The molecule has 1 unspecified atom stereocenters. The fourth-order valence-electron chi connectivity index (χ4n) is 2.94. The molecule has 9 heteroatoms. The standard InChI is InChI=1S/C21H24N2O6S/c1-30(27)19-8-2-15(3-9-19)14-29-21(26)23-10-11-28-18(13-23)12-22-20(25)16-4-6-17(24)7-5-16/h2-9,18,24H,10-14H2,1H3,(H,22,25)/t18-,30?/m1/s1. The van der Waals surface area contributed by atoms with Crippen molar-refractivity contribution in [3.8, 4) is 5.75 Å².